The molecule has 1 saturated carbocycles. The molecular formula is C26H28F3N5O2S. The smallest absolute Gasteiger partial charge is 0.367 e. The molecule has 5 rings (SSSR count). The third-order valence-electron chi connectivity index (χ3n) is 7.30. The summed E-state index contributed by atoms with van der Waals surface area (Å²) in [7, 11) is -3.03. The first-order valence-electron chi connectivity index (χ1n) is 12.2. The molecule has 37 heavy (non-hydrogen) atoms. The quantitative estimate of drug-likeness (QED) is 0.421. The second-order valence-corrected chi connectivity index (χ2v) is 12.0. The Hall–Kier alpha value is -3.34. The molecule has 196 valence electrons. The fraction of sp³-hybridized carbons (Fsp3) is 0.385. The molecule has 1 aromatic carbocycles. The number of hydrogen-bond acceptors (Lipinski definition) is 6. The van der Waals surface area contributed by atoms with E-state index in [-0.39, 0.29) is 16.9 Å². The van der Waals surface area contributed by atoms with Crippen molar-refractivity contribution in [1.29, 1.82) is 4.78 Å². The average molecular weight is 532 g/mol. The van der Waals surface area contributed by atoms with E-state index in [4.69, 9.17) is 4.78 Å². The number of anilines is 2. The van der Waals surface area contributed by atoms with Gasteiger partial charge in [0.05, 0.1) is 15.3 Å². The molecule has 3 heterocycles. The van der Waals surface area contributed by atoms with E-state index in [1.807, 2.05) is 18.2 Å². The summed E-state index contributed by atoms with van der Waals surface area (Å²) < 4.78 is 60.4. The zero-order chi connectivity index (χ0) is 26.2. The zero-order valence-corrected chi connectivity index (χ0v) is 20.9. The van der Waals surface area contributed by atoms with Crippen LogP contribution in [0.5, 0.6) is 0 Å². The molecule has 2 aromatic heterocycles. The molecule has 1 aliphatic carbocycles. The summed E-state index contributed by atoms with van der Waals surface area (Å²) in [4.78, 5) is 21.4. The van der Waals surface area contributed by atoms with Crippen LogP contribution in [0, 0.1) is 4.78 Å². The van der Waals surface area contributed by atoms with Crippen LogP contribution in [0.25, 0.3) is 0 Å². The highest BCUT2D eigenvalue weighted by molar-refractivity contribution is 7.93. The second-order valence-electron chi connectivity index (χ2n) is 9.62. The summed E-state index contributed by atoms with van der Waals surface area (Å²) in [6.45, 7) is 1.28. The highest BCUT2D eigenvalue weighted by Crippen LogP contribution is 2.33. The van der Waals surface area contributed by atoms with Crippen LogP contribution in [0.3, 0.4) is 0 Å². The van der Waals surface area contributed by atoms with Crippen molar-refractivity contribution in [1.82, 2.24) is 9.97 Å². The number of H-pyrrole nitrogens is 1. The molecule has 3 aromatic rings. The fourth-order valence-electron chi connectivity index (χ4n) is 5.15. The van der Waals surface area contributed by atoms with E-state index >= 15 is 0 Å². The molecule has 11 heteroatoms. The monoisotopic (exact) mass is 531 g/mol. The van der Waals surface area contributed by atoms with Gasteiger partial charge in [-0.05, 0) is 80.1 Å². The van der Waals surface area contributed by atoms with Gasteiger partial charge >= 0.3 is 6.18 Å². The van der Waals surface area contributed by atoms with E-state index in [1.165, 1.54) is 6.07 Å². The molecule has 0 amide bonds. The van der Waals surface area contributed by atoms with Gasteiger partial charge in [-0.3, -0.25) is 4.79 Å². The third kappa shape index (κ3) is 5.36. The van der Waals surface area contributed by atoms with Crippen molar-refractivity contribution < 1.29 is 17.4 Å². The summed E-state index contributed by atoms with van der Waals surface area (Å²) in [5.41, 5.74) is 1.88. The van der Waals surface area contributed by atoms with Crippen molar-refractivity contribution in [3.8, 4) is 0 Å². The fourth-order valence-corrected chi connectivity index (χ4v) is 7.01. The minimum Gasteiger partial charge on any atom is -0.367 e. The van der Waals surface area contributed by atoms with Crippen molar-refractivity contribution in [3.05, 3.63) is 81.9 Å². The van der Waals surface area contributed by atoms with E-state index in [9.17, 15) is 22.2 Å². The number of nitrogens with one attached hydrogen (secondary N) is 3. The molecule has 1 unspecified atom stereocenters. The van der Waals surface area contributed by atoms with Crippen LogP contribution in [0.15, 0.2) is 64.5 Å². The van der Waals surface area contributed by atoms with Crippen molar-refractivity contribution in [3.63, 3.8) is 0 Å². The molecule has 3 N–H and O–H groups in total. The van der Waals surface area contributed by atoms with Crippen LogP contribution in [0.1, 0.15) is 42.4 Å². The molecule has 0 spiro atoms. The van der Waals surface area contributed by atoms with E-state index in [1.54, 1.807) is 18.3 Å². The van der Waals surface area contributed by atoms with Crippen molar-refractivity contribution in [2.75, 3.05) is 16.8 Å². The molecule has 7 nitrogen and oxygen atoms in total. The molecule has 1 atom stereocenters. The zero-order valence-electron chi connectivity index (χ0n) is 20.1. The van der Waals surface area contributed by atoms with Gasteiger partial charge in [-0.15, -0.1) is 0 Å². The Bertz CT molecular complexity index is 1410. The number of halogens is 3. The van der Waals surface area contributed by atoms with Gasteiger partial charge in [-0.1, -0.05) is 0 Å². The highest BCUT2D eigenvalue weighted by atomic mass is 32.2. The Morgan fingerprint density at radius 1 is 1.05 bits per heavy atom. The number of alkyl halides is 3. The molecule has 0 saturated heterocycles. The van der Waals surface area contributed by atoms with Gasteiger partial charge in [-0.25, -0.2) is 14.0 Å². The maximum Gasteiger partial charge on any atom is 0.417 e. The molecular weight excluding hydrogens is 503 g/mol. The average Bonchev–Trinajstić information content (AvgIpc) is 2.89. The molecule has 0 bridgehead atoms. The van der Waals surface area contributed by atoms with Gasteiger partial charge in [-0.2, -0.15) is 13.2 Å². The predicted molar refractivity (Wildman–Crippen MR) is 136 cm³/mol. The van der Waals surface area contributed by atoms with Crippen LogP contribution < -0.4 is 15.8 Å². The maximum absolute atomic E-state index is 13.5. The number of benzene rings is 1. The Morgan fingerprint density at radius 2 is 1.78 bits per heavy atom. The first-order valence-corrected chi connectivity index (χ1v) is 13.9. The van der Waals surface area contributed by atoms with Crippen LogP contribution in [0.4, 0.5) is 24.7 Å². The number of fused-ring (bicyclic) bond motifs is 1. The summed E-state index contributed by atoms with van der Waals surface area (Å²) in [6, 6.07) is 11.5. The number of hydrogen-bond donors (Lipinski definition) is 3. The summed E-state index contributed by atoms with van der Waals surface area (Å²) in [5.74, 6) is 0.376. The molecule has 1 fully saturated rings. The van der Waals surface area contributed by atoms with Gasteiger partial charge in [0.2, 0.25) is 0 Å². The Labute approximate surface area is 213 Å². The summed E-state index contributed by atoms with van der Waals surface area (Å²) in [5, 5.41) is 2.87. The lowest BCUT2D eigenvalue weighted by molar-refractivity contribution is -0.137. The Kier molecular flexibility index (Phi) is 6.74. The standard InChI is InChI=1S/C26H28F3N5O2S/c27-26(28,29)18-1-10-24(32-15-18)33-19-2-6-21(7-3-19)37(30,36)22-8-4-20(5-9-22)34-14-12-17-11-13-31-25(35)23(17)16-34/h1,4-5,8-11,13,15,19,21,30H,2-3,6-7,12,14,16H2,(H,31,35)(H,32,33). The minimum atomic E-state index is -4.42. The number of aromatic amines is 1. The normalized spacial score (nSPS) is 21.6. The van der Waals surface area contributed by atoms with Crippen LogP contribution in [-0.2, 0) is 28.9 Å². The van der Waals surface area contributed by atoms with Crippen molar-refractivity contribution in [2.45, 2.75) is 61.0 Å². The summed E-state index contributed by atoms with van der Waals surface area (Å²) >= 11 is 0. The van der Waals surface area contributed by atoms with E-state index in [0.29, 0.717) is 42.9 Å². The number of pyridine rings is 2. The van der Waals surface area contributed by atoms with Gasteiger partial charge in [0.1, 0.15) is 5.82 Å². The first kappa shape index (κ1) is 25.3. The highest BCUT2D eigenvalue weighted by Gasteiger charge is 2.32. The largest absolute Gasteiger partial charge is 0.417 e. The lowest BCUT2D eigenvalue weighted by Gasteiger charge is -2.31. The maximum atomic E-state index is 13.5. The third-order valence-corrected chi connectivity index (χ3v) is 9.68. The Balaban J connectivity index is 1.19. The van der Waals surface area contributed by atoms with Crippen LogP contribution in [0.2, 0.25) is 0 Å². The molecule has 2 aliphatic rings. The van der Waals surface area contributed by atoms with Gasteiger partial charge in [0, 0.05) is 52.9 Å². The molecule has 0 radical (unpaired) electrons. The summed E-state index contributed by atoms with van der Waals surface area (Å²) in [6.07, 6.45) is 1.30. The topological polar surface area (TPSA) is 102 Å². The SMILES string of the molecule is N=S(=O)(c1ccc(N2CCc3cc[nH]c(=O)c3C2)cc1)C1CCC(Nc2ccc(C(F)(F)F)cn2)CC1. The van der Waals surface area contributed by atoms with E-state index in [0.717, 1.165) is 42.0 Å². The molecule has 1 aliphatic heterocycles. The Morgan fingerprint density at radius 3 is 2.43 bits per heavy atom. The van der Waals surface area contributed by atoms with Gasteiger partial charge < -0.3 is 15.2 Å². The lowest BCUT2D eigenvalue weighted by atomic mass is 9.95. The first-order chi connectivity index (χ1) is 17.6. The van der Waals surface area contributed by atoms with Gasteiger partial charge in [0.15, 0.2) is 0 Å². The predicted octanol–water partition coefficient (Wildman–Crippen LogP) is 5.18. The number of rotatable bonds is 5. The van der Waals surface area contributed by atoms with Crippen LogP contribution >= 0.6 is 0 Å². The number of nitrogens with zero attached hydrogens (tertiary/aromatic N) is 2. The second kappa shape index (κ2) is 9.85. The van der Waals surface area contributed by atoms with Crippen molar-refractivity contribution in [2.24, 2.45) is 0 Å². The lowest BCUT2D eigenvalue weighted by Crippen LogP contribution is -2.34. The van der Waals surface area contributed by atoms with Crippen LogP contribution in [-0.4, -0.2) is 32.0 Å². The number of aromatic nitrogens is 2. The van der Waals surface area contributed by atoms with Crippen molar-refractivity contribution >= 4 is 21.2 Å². The van der Waals surface area contributed by atoms with Gasteiger partial charge in [0.25, 0.3) is 5.56 Å². The minimum absolute atomic E-state index is 0.00296. The van der Waals surface area contributed by atoms with E-state index < -0.39 is 21.5 Å². The van der Waals surface area contributed by atoms with E-state index in [2.05, 4.69) is 20.2 Å².